The lowest BCUT2D eigenvalue weighted by Gasteiger charge is -1.99. The Balaban J connectivity index is 2.69. The molecule has 4 nitrogen and oxygen atoms in total. The zero-order valence-corrected chi connectivity index (χ0v) is 7.69. The van der Waals surface area contributed by atoms with Crippen LogP contribution < -0.4 is 5.73 Å². The predicted molar refractivity (Wildman–Crippen MR) is 52.8 cm³/mol. The molecular formula is C10H9N3O. The molecule has 4 heteroatoms. The van der Waals surface area contributed by atoms with E-state index in [9.17, 15) is 4.79 Å². The minimum absolute atomic E-state index is 0.429. The van der Waals surface area contributed by atoms with Crippen LogP contribution in [-0.2, 0) is 0 Å². The monoisotopic (exact) mass is 187 g/mol. The van der Waals surface area contributed by atoms with Crippen LogP contribution in [0.2, 0.25) is 0 Å². The maximum absolute atomic E-state index is 10.9. The summed E-state index contributed by atoms with van der Waals surface area (Å²) in [5.41, 5.74) is 7.24. The molecule has 0 atom stereocenters. The van der Waals surface area contributed by atoms with Gasteiger partial charge in [0.1, 0.15) is 0 Å². The molecule has 0 saturated heterocycles. The molecular weight excluding hydrogens is 178 g/mol. The van der Waals surface area contributed by atoms with Crippen LogP contribution in [0.25, 0.3) is 10.9 Å². The molecule has 0 aliphatic heterocycles. The number of hydrogen-bond donors (Lipinski definition) is 1. The van der Waals surface area contributed by atoms with Gasteiger partial charge in [0.15, 0.2) is 0 Å². The lowest BCUT2D eigenvalue weighted by Crippen LogP contribution is -2.10. The van der Waals surface area contributed by atoms with E-state index in [0.717, 1.165) is 16.6 Å². The van der Waals surface area contributed by atoms with E-state index in [-0.39, 0.29) is 0 Å². The first kappa shape index (κ1) is 8.62. The molecule has 14 heavy (non-hydrogen) atoms. The van der Waals surface area contributed by atoms with Crippen molar-refractivity contribution in [2.45, 2.75) is 6.92 Å². The van der Waals surface area contributed by atoms with Crippen LogP contribution in [0.15, 0.2) is 24.3 Å². The number of fused-ring (bicyclic) bond motifs is 1. The minimum atomic E-state index is -0.429. The standard InChI is InChI=1S/C10H9N3O/c1-6-4-8-5-7(10(11)14)2-3-9(8)13-12-6/h2-5H,1H3,(H2,11,14). The number of aromatic nitrogens is 2. The normalized spacial score (nSPS) is 10.4. The number of carbonyl (C=O) groups is 1. The van der Waals surface area contributed by atoms with Crippen LogP contribution in [0.3, 0.4) is 0 Å². The quantitative estimate of drug-likeness (QED) is 0.725. The number of primary amides is 1. The van der Waals surface area contributed by atoms with Crippen LogP contribution >= 0.6 is 0 Å². The number of nitrogens with two attached hydrogens (primary N) is 1. The van der Waals surface area contributed by atoms with Crippen molar-refractivity contribution in [3.63, 3.8) is 0 Å². The number of hydrogen-bond acceptors (Lipinski definition) is 3. The Labute approximate surface area is 80.8 Å². The van der Waals surface area contributed by atoms with E-state index in [1.807, 2.05) is 13.0 Å². The summed E-state index contributed by atoms with van der Waals surface area (Å²) in [5.74, 6) is -0.429. The van der Waals surface area contributed by atoms with Crippen LogP contribution in [0.5, 0.6) is 0 Å². The third-order valence-corrected chi connectivity index (χ3v) is 1.99. The molecule has 0 aliphatic carbocycles. The third kappa shape index (κ3) is 1.42. The largest absolute Gasteiger partial charge is 0.366 e. The van der Waals surface area contributed by atoms with E-state index >= 15 is 0 Å². The van der Waals surface area contributed by atoms with E-state index in [0.29, 0.717) is 5.56 Å². The van der Waals surface area contributed by atoms with Crippen molar-refractivity contribution in [3.05, 3.63) is 35.5 Å². The summed E-state index contributed by atoms with van der Waals surface area (Å²) in [6, 6.07) is 6.98. The average Bonchev–Trinajstić information content (AvgIpc) is 2.16. The Morgan fingerprint density at radius 2 is 2.07 bits per heavy atom. The molecule has 2 N–H and O–H groups in total. The second-order valence-corrected chi connectivity index (χ2v) is 3.12. The summed E-state index contributed by atoms with van der Waals surface area (Å²) in [6.45, 7) is 1.85. The van der Waals surface area contributed by atoms with Gasteiger partial charge in [-0.25, -0.2) is 0 Å². The Bertz CT molecular complexity index is 508. The molecule has 0 spiro atoms. The highest BCUT2D eigenvalue weighted by atomic mass is 16.1. The summed E-state index contributed by atoms with van der Waals surface area (Å²) < 4.78 is 0. The lowest BCUT2D eigenvalue weighted by atomic mass is 10.1. The molecule has 1 amide bonds. The van der Waals surface area contributed by atoms with Gasteiger partial charge in [0.25, 0.3) is 0 Å². The molecule has 0 bridgehead atoms. The fraction of sp³-hybridized carbons (Fsp3) is 0.100. The molecule has 0 fully saturated rings. The number of amides is 1. The highest BCUT2D eigenvalue weighted by Crippen LogP contribution is 2.13. The molecule has 1 heterocycles. The number of aryl methyl sites for hydroxylation is 1. The molecule has 1 aromatic heterocycles. The maximum Gasteiger partial charge on any atom is 0.248 e. The highest BCUT2D eigenvalue weighted by molar-refractivity contribution is 5.96. The second kappa shape index (κ2) is 3.06. The Hall–Kier alpha value is -1.97. The SMILES string of the molecule is Cc1cc2cc(C(N)=O)ccc2nn1. The summed E-state index contributed by atoms with van der Waals surface area (Å²) in [7, 11) is 0. The Morgan fingerprint density at radius 3 is 2.79 bits per heavy atom. The zero-order valence-electron chi connectivity index (χ0n) is 7.69. The first-order chi connectivity index (χ1) is 6.66. The summed E-state index contributed by atoms with van der Waals surface area (Å²) >= 11 is 0. The van der Waals surface area contributed by atoms with Crippen LogP contribution in [-0.4, -0.2) is 16.1 Å². The molecule has 0 saturated carbocycles. The van der Waals surface area contributed by atoms with Gasteiger partial charge in [-0.05, 0) is 31.2 Å². The van der Waals surface area contributed by atoms with E-state index < -0.39 is 5.91 Å². The Kier molecular flexibility index (Phi) is 1.89. The molecule has 2 rings (SSSR count). The van der Waals surface area contributed by atoms with Crippen LogP contribution in [0, 0.1) is 6.92 Å². The van der Waals surface area contributed by atoms with Crippen molar-refractivity contribution in [1.82, 2.24) is 10.2 Å². The van der Waals surface area contributed by atoms with Gasteiger partial charge in [0.05, 0.1) is 11.2 Å². The van der Waals surface area contributed by atoms with Gasteiger partial charge < -0.3 is 5.73 Å². The van der Waals surface area contributed by atoms with Crippen molar-refractivity contribution >= 4 is 16.8 Å². The van der Waals surface area contributed by atoms with Gasteiger partial charge in [-0.3, -0.25) is 4.79 Å². The molecule has 0 radical (unpaired) electrons. The predicted octanol–water partition coefficient (Wildman–Crippen LogP) is 1.04. The third-order valence-electron chi connectivity index (χ3n) is 1.99. The first-order valence-electron chi connectivity index (χ1n) is 4.21. The van der Waals surface area contributed by atoms with Crippen molar-refractivity contribution in [1.29, 1.82) is 0 Å². The van der Waals surface area contributed by atoms with E-state index in [4.69, 9.17) is 5.73 Å². The second-order valence-electron chi connectivity index (χ2n) is 3.12. The topological polar surface area (TPSA) is 68.9 Å². The smallest absolute Gasteiger partial charge is 0.248 e. The van der Waals surface area contributed by atoms with Gasteiger partial charge in [0.2, 0.25) is 5.91 Å². The van der Waals surface area contributed by atoms with Crippen molar-refractivity contribution in [2.24, 2.45) is 5.73 Å². The zero-order chi connectivity index (χ0) is 10.1. The van der Waals surface area contributed by atoms with E-state index in [2.05, 4.69) is 10.2 Å². The molecule has 0 unspecified atom stereocenters. The maximum atomic E-state index is 10.9. The molecule has 70 valence electrons. The number of rotatable bonds is 1. The lowest BCUT2D eigenvalue weighted by molar-refractivity contribution is 0.100. The van der Waals surface area contributed by atoms with Crippen molar-refractivity contribution < 1.29 is 4.79 Å². The first-order valence-corrected chi connectivity index (χ1v) is 4.21. The molecule has 2 aromatic rings. The summed E-state index contributed by atoms with van der Waals surface area (Å²) in [5, 5.41) is 8.78. The number of benzene rings is 1. The fourth-order valence-corrected chi connectivity index (χ4v) is 1.30. The number of carbonyl (C=O) groups excluding carboxylic acids is 1. The van der Waals surface area contributed by atoms with Crippen LogP contribution in [0.4, 0.5) is 0 Å². The van der Waals surface area contributed by atoms with Crippen molar-refractivity contribution in [3.8, 4) is 0 Å². The van der Waals surface area contributed by atoms with Gasteiger partial charge >= 0.3 is 0 Å². The Morgan fingerprint density at radius 1 is 1.29 bits per heavy atom. The van der Waals surface area contributed by atoms with Crippen molar-refractivity contribution in [2.75, 3.05) is 0 Å². The fourth-order valence-electron chi connectivity index (χ4n) is 1.30. The summed E-state index contributed by atoms with van der Waals surface area (Å²) in [6.07, 6.45) is 0. The van der Waals surface area contributed by atoms with E-state index in [1.54, 1.807) is 18.2 Å². The van der Waals surface area contributed by atoms with Crippen LogP contribution in [0.1, 0.15) is 16.1 Å². The minimum Gasteiger partial charge on any atom is -0.366 e. The van der Waals surface area contributed by atoms with Gasteiger partial charge in [-0.15, -0.1) is 0 Å². The molecule has 1 aromatic carbocycles. The van der Waals surface area contributed by atoms with E-state index in [1.165, 1.54) is 0 Å². The number of nitrogens with zero attached hydrogens (tertiary/aromatic N) is 2. The van der Waals surface area contributed by atoms with Gasteiger partial charge in [-0.1, -0.05) is 0 Å². The highest BCUT2D eigenvalue weighted by Gasteiger charge is 2.02. The van der Waals surface area contributed by atoms with Gasteiger partial charge in [-0.2, -0.15) is 10.2 Å². The molecule has 0 aliphatic rings. The summed E-state index contributed by atoms with van der Waals surface area (Å²) in [4.78, 5) is 10.9. The average molecular weight is 187 g/mol. The van der Waals surface area contributed by atoms with Gasteiger partial charge in [0, 0.05) is 10.9 Å².